The van der Waals surface area contributed by atoms with Crippen molar-refractivity contribution in [1.82, 2.24) is 24.7 Å². The molecule has 172 valence electrons. The van der Waals surface area contributed by atoms with Crippen LogP contribution in [0, 0.1) is 25.5 Å². The van der Waals surface area contributed by atoms with Crippen molar-refractivity contribution in [3.8, 4) is 11.3 Å². The average molecular weight is 460 g/mol. The van der Waals surface area contributed by atoms with Crippen LogP contribution in [0.3, 0.4) is 0 Å². The maximum Gasteiger partial charge on any atom is 0.135 e. The second-order valence-corrected chi connectivity index (χ2v) is 8.96. The summed E-state index contributed by atoms with van der Waals surface area (Å²) in [5.74, 6) is -1.32. The van der Waals surface area contributed by atoms with E-state index in [2.05, 4.69) is 10.1 Å². The standard InChI is InChI=1S/C26H23F2N5O/c1-14-15(2)31-26-23(30-14)11-22(32-25(26)20-6-3-18(27)10-21(20)28)16-7-8-34-24(9-16)17-12-29-33(13-17)19-4-5-19/h3,6,9-13,19,24H,4-5,7-8H2,1-2H3/t24-/m1/s1. The molecule has 1 aliphatic carbocycles. The average Bonchev–Trinajstić information content (AvgIpc) is 3.56. The number of aryl methyl sites for hydroxylation is 2. The third-order valence-electron chi connectivity index (χ3n) is 6.47. The third-order valence-corrected chi connectivity index (χ3v) is 6.47. The summed E-state index contributed by atoms with van der Waals surface area (Å²) in [6, 6.07) is 5.89. The van der Waals surface area contributed by atoms with Crippen LogP contribution in [0.5, 0.6) is 0 Å². The van der Waals surface area contributed by atoms with Crippen LogP contribution in [0.4, 0.5) is 8.78 Å². The molecule has 0 unspecified atom stereocenters. The molecule has 0 bridgehead atoms. The Hall–Kier alpha value is -3.52. The second-order valence-electron chi connectivity index (χ2n) is 8.96. The van der Waals surface area contributed by atoms with Crippen LogP contribution in [-0.4, -0.2) is 31.3 Å². The Morgan fingerprint density at radius 1 is 1.03 bits per heavy atom. The number of pyridine rings is 1. The van der Waals surface area contributed by atoms with Crippen molar-refractivity contribution in [3.63, 3.8) is 0 Å². The Labute approximate surface area is 195 Å². The molecule has 1 aromatic carbocycles. The van der Waals surface area contributed by atoms with Crippen molar-refractivity contribution in [2.24, 2.45) is 0 Å². The highest BCUT2D eigenvalue weighted by atomic mass is 19.1. The van der Waals surface area contributed by atoms with Gasteiger partial charge in [-0.25, -0.2) is 23.7 Å². The molecule has 1 aliphatic heterocycles. The summed E-state index contributed by atoms with van der Waals surface area (Å²) in [4.78, 5) is 14.2. The van der Waals surface area contributed by atoms with E-state index in [-0.39, 0.29) is 11.7 Å². The monoisotopic (exact) mass is 459 g/mol. The molecule has 1 saturated carbocycles. The first kappa shape index (κ1) is 21.0. The second kappa shape index (κ2) is 8.06. The van der Waals surface area contributed by atoms with Gasteiger partial charge >= 0.3 is 0 Å². The molecule has 0 amide bonds. The molecule has 8 heteroatoms. The summed E-state index contributed by atoms with van der Waals surface area (Å²) < 4.78 is 36.4. The van der Waals surface area contributed by atoms with E-state index in [9.17, 15) is 8.78 Å². The zero-order chi connectivity index (χ0) is 23.4. The zero-order valence-corrected chi connectivity index (χ0v) is 18.9. The molecular formula is C26H23F2N5O. The van der Waals surface area contributed by atoms with Crippen LogP contribution >= 0.6 is 0 Å². The van der Waals surface area contributed by atoms with E-state index in [1.54, 1.807) is 0 Å². The fourth-order valence-corrected chi connectivity index (χ4v) is 4.32. The molecule has 2 aliphatic rings. The molecule has 0 radical (unpaired) electrons. The number of ether oxygens (including phenoxy) is 1. The maximum atomic E-state index is 14.8. The van der Waals surface area contributed by atoms with Gasteiger partial charge in [-0.2, -0.15) is 5.10 Å². The van der Waals surface area contributed by atoms with Crippen molar-refractivity contribution >= 4 is 16.6 Å². The van der Waals surface area contributed by atoms with Crippen molar-refractivity contribution in [2.45, 2.75) is 45.3 Å². The number of benzene rings is 1. The SMILES string of the molecule is Cc1nc2cc(C3=C[C@H](c4cnn(C5CC5)c4)OCC3)nc(-c3ccc(F)cc3F)c2nc1C. The first-order valence-electron chi connectivity index (χ1n) is 11.4. The molecule has 6 rings (SSSR count). The molecule has 0 saturated heterocycles. The highest BCUT2D eigenvalue weighted by Gasteiger charge is 2.26. The lowest BCUT2D eigenvalue weighted by atomic mass is 9.99. The van der Waals surface area contributed by atoms with Gasteiger partial charge in [0.25, 0.3) is 0 Å². The van der Waals surface area contributed by atoms with Gasteiger partial charge in [-0.15, -0.1) is 0 Å². The fourth-order valence-electron chi connectivity index (χ4n) is 4.32. The number of halogens is 2. The maximum absolute atomic E-state index is 14.8. The minimum absolute atomic E-state index is 0.195. The molecule has 4 aromatic rings. The summed E-state index contributed by atoms with van der Waals surface area (Å²) in [5.41, 5.74) is 5.87. The molecule has 0 spiro atoms. The molecule has 6 nitrogen and oxygen atoms in total. The predicted octanol–water partition coefficient (Wildman–Crippen LogP) is 5.66. The topological polar surface area (TPSA) is 65.7 Å². The van der Waals surface area contributed by atoms with E-state index < -0.39 is 11.6 Å². The van der Waals surface area contributed by atoms with Gasteiger partial charge in [0.05, 0.1) is 41.4 Å². The zero-order valence-electron chi connectivity index (χ0n) is 18.9. The lowest BCUT2D eigenvalue weighted by molar-refractivity contribution is 0.0826. The predicted molar refractivity (Wildman–Crippen MR) is 124 cm³/mol. The van der Waals surface area contributed by atoms with Crippen molar-refractivity contribution in [3.05, 3.63) is 77.0 Å². The minimum atomic E-state index is -0.683. The normalized spacial score (nSPS) is 18.4. The minimum Gasteiger partial charge on any atom is -0.369 e. The summed E-state index contributed by atoms with van der Waals surface area (Å²) in [5, 5.41) is 4.48. The smallest absolute Gasteiger partial charge is 0.135 e. The van der Waals surface area contributed by atoms with Gasteiger partial charge in [0, 0.05) is 23.4 Å². The Kier molecular flexibility index (Phi) is 4.99. The Balaban J connectivity index is 1.48. The van der Waals surface area contributed by atoms with Crippen molar-refractivity contribution < 1.29 is 13.5 Å². The van der Waals surface area contributed by atoms with Gasteiger partial charge in [0.15, 0.2) is 0 Å². The molecular weight excluding hydrogens is 436 g/mol. The first-order chi connectivity index (χ1) is 16.5. The van der Waals surface area contributed by atoms with Gasteiger partial charge in [-0.05, 0) is 63.0 Å². The quantitative estimate of drug-likeness (QED) is 0.394. The number of hydrogen-bond donors (Lipinski definition) is 0. The highest BCUT2D eigenvalue weighted by molar-refractivity contribution is 5.91. The molecule has 1 fully saturated rings. The van der Waals surface area contributed by atoms with Crippen molar-refractivity contribution in [1.29, 1.82) is 0 Å². The van der Waals surface area contributed by atoms with E-state index in [1.165, 1.54) is 12.1 Å². The third kappa shape index (κ3) is 3.77. The van der Waals surface area contributed by atoms with Crippen molar-refractivity contribution in [2.75, 3.05) is 6.61 Å². The summed E-state index contributed by atoms with van der Waals surface area (Å²) in [7, 11) is 0. The molecule has 1 atom stereocenters. The summed E-state index contributed by atoms with van der Waals surface area (Å²) in [6.07, 6.45) is 8.71. The van der Waals surface area contributed by atoms with Crippen LogP contribution in [-0.2, 0) is 4.74 Å². The van der Waals surface area contributed by atoms with Crippen LogP contribution in [0.2, 0.25) is 0 Å². The van der Waals surface area contributed by atoms with E-state index in [0.717, 1.165) is 41.4 Å². The van der Waals surface area contributed by atoms with Crippen LogP contribution in [0.15, 0.2) is 42.7 Å². The van der Waals surface area contributed by atoms with Gasteiger partial charge in [0.2, 0.25) is 0 Å². The molecule has 34 heavy (non-hydrogen) atoms. The van der Waals surface area contributed by atoms with E-state index in [1.807, 2.05) is 43.1 Å². The van der Waals surface area contributed by atoms with Crippen LogP contribution in [0.1, 0.15) is 54.1 Å². The lowest BCUT2D eigenvalue weighted by Crippen LogP contribution is -2.11. The number of aromatic nitrogens is 5. The van der Waals surface area contributed by atoms with Crippen LogP contribution in [0.25, 0.3) is 27.9 Å². The van der Waals surface area contributed by atoms with Gasteiger partial charge < -0.3 is 4.74 Å². The van der Waals surface area contributed by atoms with E-state index in [4.69, 9.17) is 14.7 Å². The fraction of sp³-hybridized carbons (Fsp3) is 0.308. The number of rotatable bonds is 4. The van der Waals surface area contributed by atoms with Crippen LogP contribution < -0.4 is 0 Å². The number of fused-ring (bicyclic) bond motifs is 1. The highest BCUT2D eigenvalue weighted by Crippen LogP contribution is 2.37. The molecule has 0 N–H and O–H groups in total. The lowest BCUT2D eigenvalue weighted by Gasteiger charge is -2.22. The summed E-state index contributed by atoms with van der Waals surface area (Å²) in [6.45, 7) is 4.28. The summed E-state index contributed by atoms with van der Waals surface area (Å²) >= 11 is 0. The van der Waals surface area contributed by atoms with Gasteiger partial charge in [-0.3, -0.25) is 4.68 Å². The molecule has 4 heterocycles. The Morgan fingerprint density at radius 2 is 1.85 bits per heavy atom. The number of hydrogen-bond acceptors (Lipinski definition) is 5. The first-order valence-corrected chi connectivity index (χ1v) is 11.4. The van der Waals surface area contributed by atoms with E-state index in [0.29, 0.717) is 41.5 Å². The molecule has 3 aromatic heterocycles. The van der Waals surface area contributed by atoms with Gasteiger partial charge in [-0.1, -0.05) is 0 Å². The largest absolute Gasteiger partial charge is 0.369 e. The number of nitrogens with zero attached hydrogens (tertiary/aromatic N) is 5. The Bertz CT molecular complexity index is 1460. The van der Waals surface area contributed by atoms with Gasteiger partial charge in [0.1, 0.15) is 28.9 Å². The van der Waals surface area contributed by atoms with E-state index >= 15 is 0 Å². The Morgan fingerprint density at radius 3 is 2.65 bits per heavy atom.